The lowest BCUT2D eigenvalue weighted by Gasteiger charge is -2.30. The van der Waals surface area contributed by atoms with Gasteiger partial charge in [-0.15, -0.1) is 0 Å². The van der Waals surface area contributed by atoms with Crippen molar-refractivity contribution < 1.29 is 14.0 Å². The number of halogens is 1. The lowest BCUT2D eigenvalue weighted by Crippen LogP contribution is -2.44. The van der Waals surface area contributed by atoms with Crippen LogP contribution in [-0.2, 0) is 9.59 Å². The van der Waals surface area contributed by atoms with E-state index in [4.69, 9.17) is 5.73 Å². The molecule has 0 spiro atoms. The molecule has 1 aromatic rings. The first-order chi connectivity index (χ1) is 9.54. The molecule has 6 heteroatoms. The highest BCUT2D eigenvalue weighted by molar-refractivity contribution is 5.92. The van der Waals surface area contributed by atoms with Crippen LogP contribution in [0.15, 0.2) is 24.3 Å². The molecule has 0 radical (unpaired) electrons. The number of hydrogen-bond acceptors (Lipinski definition) is 3. The first-order valence-electron chi connectivity index (χ1n) is 6.61. The zero-order valence-corrected chi connectivity index (χ0v) is 11.1. The number of primary amides is 1. The number of anilines is 1. The molecular formula is C14H18FN3O2. The third kappa shape index (κ3) is 4.03. The number of rotatable bonds is 4. The van der Waals surface area contributed by atoms with Gasteiger partial charge in [-0.1, -0.05) is 6.07 Å². The van der Waals surface area contributed by atoms with Crippen LogP contribution in [0.2, 0.25) is 0 Å². The van der Waals surface area contributed by atoms with Gasteiger partial charge in [-0.3, -0.25) is 14.5 Å². The van der Waals surface area contributed by atoms with E-state index in [0.29, 0.717) is 12.2 Å². The highest BCUT2D eigenvalue weighted by Gasteiger charge is 2.25. The summed E-state index contributed by atoms with van der Waals surface area (Å²) in [6.45, 7) is 1.45. The van der Waals surface area contributed by atoms with Gasteiger partial charge in [0.1, 0.15) is 5.82 Å². The number of nitrogens with two attached hydrogens (primary N) is 1. The van der Waals surface area contributed by atoms with Gasteiger partial charge in [0.15, 0.2) is 0 Å². The molecule has 1 saturated heterocycles. The maximum Gasteiger partial charge on any atom is 0.238 e. The molecule has 5 nitrogen and oxygen atoms in total. The first-order valence-corrected chi connectivity index (χ1v) is 6.61. The minimum Gasteiger partial charge on any atom is -0.369 e. The van der Waals surface area contributed by atoms with Gasteiger partial charge >= 0.3 is 0 Å². The molecule has 0 unspecified atom stereocenters. The van der Waals surface area contributed by atoms with Crippen molar-refractivity contribution in [2.24, 2.45) is 11.7 Å². The van der Waals surface area contributed by atoms with Gasteiger partial charge in [0.05, 0.1) is 12.5 Å². The number of nitrogens with zero attached hydrogens (tertiary/aromatic N) is 1. The second-order valence-electron chi connectivity index (χ2n) is 5.04. The zero-order valence-electron chi connectivity index (χ0n) is 11.1. The van der Waals surface area contributed by atoms with E-state index in [9.17, 15) is 14.0 Å². The number of likely N-dealkylation sites (tertiary alicyclic amines) is 1. The number of carbonyl (C=O) groups is 2. The van der Waals surface area contributed by atoms with Crippen LogP contribution in [0.3, 0.4) is 0 Å². The Morgan fingerprint density at radius 2 is 2.25 bits per heavy atom. The van der Waals surface area contributed by atoms with Crippen molar-refractivity contribution in [3.63, 3.8) is 0 Å². The standard InChI is InChI=1S/C14H18FN3O2/c15-11-4-1-5-12(7-11)17-13(19)9-18-6-2-3-10(8-18)14(16)20/h1,4-5,7,10H,2-3,6,8-9H2,(H2,16,20)(H,17,19)/t10-/m0/s1. The van der Waals surface area contributed by atoms with Crippen LogP contribution in [0.4, 0.5) is 10.1 Å². The summed E-state index contributed by atoms with van der Waals surface area (Å²) in [6.07, 6.45) is 1.62. The predicted octanol–water partition coefficient (Wildman–Crippen LogP) is 0.961. The minimum absolute atomic E-state index is 0.181. The average Bonchev–Trinajstić information content (AvgIpc) is 2.38. The Labute approximate surface area is 116 Å². The van der Waals surface area contributed by atoms with Crippen molar-refractivity contribution in [3.05, 3.63) is 30.1 Å². The van der Waals surface area contributed by atoms with Crippen molar-refractivity contribution in [1.29, 1.82) is 0 Å². The highest BCUT2D eigenvalue weighted by atomic mass is 19.1. The molecule has 0 saturated carbocycles. The van der Waals surface area contributed by atoms with Gasteiger partial charge in [-0.25, -0.2) is 4.39 Å². The van der Waals surface area contributed by atoms with Gasteiger partial charge in [0.2, 0.25) is 11.8 Å². The molecule has 20 heavy (non-hydrogen) atoms. The molecule has 0 bridgehead atoms. The summed E-state index contributed by atoms with van der Waals surface area (Å²) in [6, 6.07) is 5.75. The number of amides is 2. The Balaban J connectivity index is 1.86. The third-order valence-electron chi connectivity index (χ3n) is 3.38. The van der Waals surface area contributed by atoms with Crippen LogP contribution in [0.25, 0.3) is 0 Å². The monoisotopic (exact) mass is 279 g/mol. The van der Waals surface area contributed by atoms with E-state index in [1.807, 2.05) is 4.90 Å². The average molecular weight is 279 g/mol. The Kier molecular flexibility index (Phi) is 4.68. The molecule has 1 fully saturated rings. The normalized spacial score (nSPS) is 19.6. The third-order valence-corrected chi connectivity index (χ3v) is 3.38. The summed E-state index contributed by atoms with van der Waals surface area (Å²) in [5.74, 6) is -1.12. The van der Waals surface area contributed by atoms with E-state index in [-0.39, 0.29) is 24.3 Å². The maximum atomic E-state index is 13.0. The van der Waals surface area contributed by atoms with E-state index in [1.54, 1.807) is 6.07 Å². The highest BCUT2D eigenvalue weighted by Crippen LogP contribution is 2.16. The molecule has 2 rings (SSSR count). The summed E-state index contributed by atoms with van der Waals surface area (Å²) in [5.41, 5.74) is 5.72. The molecule has 1 atom stereocenters. The second kappa shape index (κ2) is 6.47. The number of hydrogen-bond donors (Lipinski definition) is 2. The molecule has 1 aromatic carbocycles. The molecule has 1 aliphatic rings. The van der Waals surface area contributed by atoms with Crippen molar-refractivity contribution in [2.75, 3.05) is 25.0 Å². The Morgan fingerprint density at radius 1 is 1.45 bits per heavy atom. The van der Waals surface area contributed by atoms with Crippen molar-refractivity contribution >= 4 is 17.5 Å². The minimum atomic E-state index is -0.394. The summed E-state index contributed by atoms with van der Waals surface area (Å²) < 4.78 is 13.0. The van der Waals surface area contributed by atoms with E-state index in [0.717, 1.165) is 19.4 Å². The van der Waals surface area contributed by atoms with Crippen LogP contribution < -0.4 is 11.1 Å². The molecule has 3 N–H and O–H groups in total. The number of benzene rings is 1. The van der Waals surface area contributed by atoms with E-state index < -0.39 is 5.82 Å². The summed E-state index contributed by atoms with van der Waals surface area (Å²) in [5, 5.41) is 2.64. The van der Waals surface area contributed by atoms with Crippen LogP contribution in [0, 0.1) is 11.7 Å². The number of carbonyl (C=O) groups excluding carboxylic acids is 2. The zero-order chi connectivity index (χ0) is 14.5. The fourth-order valence-electron chi connectivity index (χ4n) is 2.40. The fraction of sp³-hybridized carbons (Fsp3) is 0.429. The van der Waals surface area contributed by atoms with Crippen LogP contribution in [0.1, 0.15) is 12.8 Å². The first kappa shape index (κ1) is 14.5. The SMILES string of the molecule is NC(=O)[C@H]1CCCN(CC(=O)Nc2cccc(F)c2)C1. The van der Waals surface area contributed by atoms with Crippen LogP contribution >= 0.6 is 0 Å². The van der Waals surface area contributed by atoms with Gasteiger partial charge < -0.3 is 11.1 Å². The summed E-state index contributed by atoms with van der Waals surface area (Å²) in [7, 11) is 0. The van der Waals surface area contributed by atoms with Gasteiger partial charge in [-0.05, 0) is 37.6 Å². The van der Waals surface area contributed by atoms with E-state index >= 15 is 0 Å². The molecule has 0 aromatic heterocycles. The molecular weight excluding hydrogens is 261 g/mol. The summed E-state index contributed by atoms with van der Waals surface area (Å²) >= 11 is 0. The van der Waals surface area contributed by atoms with Crippen molar-refractivity contribution in [2.45, 2.75) is 12.8 Å². The number of nitrogens with one attached hydrogen (secondary N) is 1. The van der Waals surface area contributed by atoms with Gasteiger partial charge in [0, 0.05) is 12.2 Å². The summed E-state index contributed by atoms with van der Waals surface area (Å²) in [4.78, 5) is 24.9. The maximum absolute atomic E-state index is 13.0. The van der Waals surface area contributed by atoms with Gasteiger partial charge in [-0.2, -0.15) is 0 Å². The van der Waals surface area contributed by atoms with Crippen molar-refractivity contribution in [1.82, 2.24) is 4.90 Å². The molecule has 1 aliphatic heterocycles. The number of piperidine rings is 1. The topological polar surface area (TPSA) is 75.4 Å². The smallest absolute Gasteiger partial charge is 0.238 e. The molecule has 1 heterocycles. The quantitative estimate of drug-likeness (QED) is 0.862. The largest absolute Gasteiger partial charge is 0.369 e. The van der Waals surface area contributed by atoms with E-state index in [2.05, 4.69) is 5.32 Å². The molecule has 0 aliphatic carbocycles. The molecule has 108 valence electrons. The molecule has 2 amide bonds. The fourth-order valence-corrected chi connectivity index (χ4v) is 2.40. The van der Waals surface area contributed by atoms with Crippen LogP contribution in [-0.4, -0.2) is 36.3 Å². The Bertz CT molecular complexity index is 507. The Hall–Kier alpha value is -1.95. The Morgan fingerprint density at radius 3 is 2.95 bits per heavy atom. The lowest BCUT2D eigenvalue weighted by atomic mass is 9.97. The lowest BCUT2D eigenvalue weighted by molar-refractivity contribution is -0.125. The van der Waals surface area contributed by atoms with Crippen LogP contribution in [0.5, 0.6) is 0 Å². The second-order valence-corrected chi connectivity index (χ2v) is 5.04. The van der Waals surface area contributed by atoms with Crippen molar-refractivity contribution in [3.8, 4) is 0 Å². The van der Waals surface area contributed by atoms with E-state index in [1.165, 1.54) is 18.2 Å². The predicted molar refractivity (Wildman–Crippen MR) is 73.4 cm³/mol. The van der Waals surface area contributed by atoms with Gasteiger partial charge in [0.25, 0.3) is 0 Å².